The van der Waals surface area contributed by atoms with Crippen LogP contribution < -0.4 is 9.47 Å². The fraction of sp³-hybridized carbons (Fsp3) is 0.364. The molecule has 0 fully saturated rings. The van der Waals surface area contributed by atoms with E-state index in [-0.39, 0.29) is 12.5 Å². The quantitative estimate of drug-likeness (QED) is 0.685. The number of halogens is 3. The van der Waals surface area contributed by atoms with E-state index in [9.17, 15) is 23.1 Å². The van der Waals surface area contributed by atoms with Gasteiger partial charge in [-0.2, -0.15) is 13.2 Å². The minimum absolute atomic E-state index is 0.0134. The van der Waals surface area contributed by atoms with E-state index in [1.165, 1.54) is 11.1 Å². The average molecular weight is 455 g/mol. The van der Waals surface area contributed by atoms with Gasteiger partial charge in [-0.3, -0.25) is 9.69 Å². The van der Waals surface area contributed by atoms with Gasteiger partial charge in [0.1, 0.15) is 0 Å². The van der Waals surface area contributed by atoms with E-state index in [2.05, 4.69) is 17.0 Å². The fourth-order valence-electron chi connectivity index (χ4n) is 3.44. The van der Waals surface area contributed by atoms with Crippen LogP contribution in [0.5, 0.6) is 11.5 Å². The van der Waals surface area contributed by atoms with Crippen LogP contribution in [0.1, 0.15) is 23.1 Å². The van der Waals surface area contributed by atoms with Crippen molar-refractivity contribution in [3.63, 3.8) is 0 Å². The predicted molar refractivity (Wildman–Crippen MR) is 109 cm³/mol. The number of methoxy groups -OCH3 is 2. The summed E-state index contributed by atoms with van der Waals surface area (Å²) in [5, 5.41) is 16.4. The molecule has 10 heteroatoms. The lowest BCUT2D eigenvalue weighted by atomic mass is 9.92. The summed E-state index contributed by atoms with van der Waals surface area (Å²) in [6.45, 7) is 1.43. The standard InChI is InChI=1S/C20H23NO4.C2HF3O2/c1-24-18-8-7-14(9-19(18)25-2)12-21-13-16-6-4-3-5-15(16)10-17(21)11-20(22)23;3-2(4,5)1(6)7/h3-9,17H,10-13H2,1-2H3,(H,22,23);(H,6,7)/t17-;/m0./s1. The molecule has 3 rings (SSSR count). The molecule has 2 aromatic rings. The molecule has 0 amide bonds. The largest absolute Gasteiger partial charge is 0.493 e. The van der Waals surface area contributed by atoms with Gasteiger partial charge in [-0.15, -0.1) is 0 Å². The molecule has 7 nitrogen and oxygen atoms in total. The summed E-state index contributed by atoms with van der Waals surface area (Å²) in [6.07, 6.45) is -4.18. The van der Waals surface area contributed by atoms with E-state index in [0.29, 0.717) is 18.0 Å². The molecular formula is C22H24F3NO6. The Bertz CT molecular complexity index is 948. The third-order valence-corrected chi connectivity index (χ3v) is 4.95. The van der Waals surface area contributed by atoms with Gasteiger partial charge < -0.3 is 19.7 Å². The third kappa shape index (κ3) is 6.88. The van der Waals surface area contributed by atoms with E-state index >= 15 is 0 Å². The monoisotopic (exact) mass is 455 g/mol. The normalized spacial score (nSPS) is 15.7. The second-order valence-corrected chi connectivity index (χ2v) is 7.12. The van der Waals surface area contributed by atoms with Gasteiger partial charge in [0, 0.05) is 19.1 Å². The Morgan fingerprint density at radius 2 is 1.62 bits per heavy atom. The second kappa shape index (κ2) is 10.9. The number of carbonyl (C=O) groups is 2. The molecule has 1 heterocycles. The number of alkyl halides is 3. The smallest absolute Gasteiger partial charge is 0.490 e. The number of aliphatic carboxylic acids is 2. The van der Waals surface area contributed by atoms with Crippen molar-refractivity contribution < 1.29 is 42.4 Å². The molecule has 174 valence electrons. The third-order valence-electron chi connectivity index (χ3n) is 4.95. The summed E-state index contributed by atoms with van der Waals surface area (Å²) in [7, 11) is 3.23. The highest BCUT2D eigenvalue weighted by molar-refractivity contribution is 5.73. The molecule has 1 aliphatic heterocycles. The van der Waals surface area contributed by atoms with Crippen molar-refractivity contribution in [1.82, 2.24) is 4.90 Å². The van der Waals surface area contributed by atoms with Crippen molar-refractivity contribution in [2.45, 2.75) is 38.1 Å². The van der Waals surface area contributed by atoms with Crippen LogP contribution >= 0.6 is 0 Å². The zero-order valence-electron chi connectivity index (χ0n) is 17.6. The maximum Gasteiger partial charge on any atom is 0.490 e. The predicted octanol–water partition coefficient (Wildman–Crippen LogP) is 3.74. The zero-order valence-corrected chi connectivity index (χ0v) is 17.6. The molecule has 0 unspecified atom stereocenters. The van der Waals surface area contributed by atoms with Crippen LogP contribution in [0.3, 0.4) is 0 Å². The number of carboxylic acid groups (broad SMARTS) is 2. The Balaban J connectivity index is 0.000000451. The highest BCUT2D eigenvalue weighted by atomic mass is 19.4. The van der Waals surface area contributed by atoms with Gasteiger partial charge in [0.15, 0.2) is 11.5 Å². The zero-order chi connectivity index (χ0) is 23.9. The number of benzene rings is 2. The van der Waals surface area contributed by atoms with Crippen molar-refractivity contribution >= 4 is 11.9 Å². The number of ether oxygens (including phenoxy) is 2. The van der Waals surface area contributed by atoms with Crippen molar-refractivity contribution in [2.24, 2.45) is 0 Å². The lowest BCUT2D eigenvalue weighted by Gasteiger charge is -2.36. The molecule has 0 bridgehead atoms. The van der Waals surface area contributed by atoms with Crippen molar-refractivity contribution in [1.29, 1.82) is 0 Å². The van der Waals surface area contributed by atoms with Crippen LogP contribution in [-0.2, 0) is 29.1 Å². The first-order valence-electron chi connectivity index (χ1n) is 9.58. The maximum absolute atomic E-state index is 11.3. The van der Waals surface area contributed by atoms with Crippen molar-refractivity contribution in [2.75, 3.05) is 14.2 Å². The molecule has 2 aromatic carbocycles. The number of fused-ring (bicyclic) bond motifs is 1. The van der Waals surface area contributed by atoms with Gasteiger partial charge in [-0.1, -0.05) is 30.3 Å². The van der Waals surface area contributed by atoms with Crippen molar-refractivity contribution in [3.8, 4) is 11.5 Å². The van der Waals surface area contributed by atoms with Crippen LogP contribution in [0, 0.1) is 0 Å². The topological polar surface area (TPSA) is 96.3 Å². The van der Waals surface area contributed by atoms with E-state index in [4.69, 9.17) is 19.4 Å². The van der Waals surface area contributed by atoms with Crippen LogP contribution in [-0.4, -0.2) is 53.5 Å². The first-order chi connectivity index (χ1) is 15.0. The second-order valence-electron chi connectivity index (χ2n) is 7.12. The Morgan fingerprint density at radius 1 is 1.03 bits per heavy atom. The lowest BCUT2D eigenvalue weighted by Crippen LogP contribution is -2.41. The van der Waals surface area contributed by atoms with E-state index in [1.807, 2.05) is 30.3 Å². The molecule has 1 atom stereocenters. The van der Waals surface area contributed by atoms with Gasteiger partial charge in [0.25, 0.3) is 0 Å². The van der Waals surface area contributed by atoms with E-state index in [1.54, 1.807) is 14.2 Å². The molecule has 0 spiro atoms. The Labute approximate surface area is 183 Å². The van der Waals surface area contributed by atoms with E-state index in [0.717, 1.165) is 18.5 Å². The summed E-state index contributed by atoms with van der Waals surface area (Å²) in [4.78, 5) is 22.4. The lowest BCUT2D eigenvalue weighted by molar-refractivity contribution is -0.192. The Morgan fingerprint density at radius 3 is 2.16 bits per heavy atom. The molecule has 32 heavy (non-hydrogen) atoms. The van der Waals surface area contributed by atoms with Crippen LogP contribution in [0.25, 0.3) is 0 Å². The van der Waals surface area contributed by atoms with Gasteiger partial charge >= 0.3 is 18.1 Å². The highest BCUT2D eigenvalue weighted by Gasteiger charge is 2.38. The average Bonchev–Trinajstić information content (AvgIpc) is 2.73. The molecule has 0 aliphatic carbocycles. The number of carboxylic acids is 2. The molecule has 0 aromatic heterocycles. The van der Waals surface area contributed by atoms with Gasteiger partial charge in [-0.05, 0) is 35.2 Å². The number of hydrogen-bond donors (Lipinski definition) is 2. The van der Waals surface area contributed by atoms with Gasteiger partial charge in [0.05, 0.1) is 20.6 Å². The summed E-state index contributed by atoms with van der Waals surface area (Å²) in [5.74, 6) is -2.14. The molecular weight excluding hydrogens is 431 g/mol. The number of rotatable bonds is 6. The minimum Gasteiger partial charge on any atom is -0.493 e. The fourth-order valence-corrected chi connectivity index (χ4v) is 3.44. The summed E-state index contributed by atoms with van der Waals surface area (Å²) in [5.41, 5.74) is 3.59. The summed E-state index contributed by atoms with van der Waals surface area (Å²) in [6, 6.07) is 14.1. The van der Waals surface area contributed by atoms with Gasteiger partial charge in [-0.25, -0.2) is 4.79 Å². The molecule has 0 saturated carbocycles. The molecule has 2 N–H and O–H groups in total. The van der Waals surface area contributed by atoms with Crippen LogP contribution in [0.4, 0.5) is 13.2 Å². The first-order valence-corrected chi connectivity index (χ1v) is 9.58. The van der Waals surface area contributed by atoms with Gasteiger partial charge in [0.2, 0.25) is 0 Å². The minimum atomic E-state index is -5.08. The van der Waals surface area contributed by atoms with Crippen LogP contribution in [0.15, 0.2) is 42.5 Å². The van der Waals surface area contributed by atoms with Crippen molar-refractivity contribution in [3.05, 3.63) is 59.2 Å². The first kappa shape index (κ1) is 25.0. The number of hydrogen-bond acceptors (Lipinski definition) is 5. The maximum atomic E-state index is 11.3. The molecule has 1 aliphatic rings. The summed E-state index contributed by atoms with van der Waals surface area (Å²) >= 11 is 0. The number of nitrogens with zero attached hydrogens (tertiary/aromatic N) is 1. The Hall–Kier alpha value is -3.27. The Kier molecular flexibility index (Phi) is 8.48. The SMILES string of the molecule is COc1ccc(CN2Cc3ccccc3C[C@H]2CC(=O)O)cc1OC.O=C(O)C(F)(F)F. The molecule has 0 radical (unpaired) electrons. The van der Waals surface area contributed by atoms with Crippen LogP contribution in [0.2, 0.25) is 0 Å². The summed E-state index contributed by atoms with van der Waals surface area (Å²) < 4.78 is 42.4. The van der Waals surface area contributed by atoms with E-state index < -0.39 is 18.1 Å². The molecule has 0 saturated heterocycles. The highest BCUT2D eigenvalue weighted by Crippen LogP contribution is 2.31.